The molecule has 1 aliphatic heterocycles. The lowest BCUT2D eigenvalue weighted by Crippen LogP contribution is -2.61. The van der Waals surface area contributed by atoms with E-state index in [4.69, 9.17) is 16.6 Å². The molecule has 1 saturated heterocycles. The zero-order valence-corrected chi connectivity index (χ0v) is 34.2. The second kappa shape index (κ2) is 23.6. The summed E-state index contributed by atoms with van der Waals surface area (Å²) in [6.07, 6.45) is 0.448. The van der Waals surface area contributed by atoms with Gasteiger partial charge in [-0.25, -0.2) is 0 Å². The lowest BCUT2D eigenvalue weighted by molar-refractivity contribution is -0.143. The maximum absolute atomic E-state index is 13.9. The summed E-state index contributed by atoms with van der Waals surface area (Å²) in [5.41, 5.74) is 11.6. The summed E-state index contributed by atoms with van der Waals surface area (Å²) in [5.74, 6) is -7.86. The quantitative estimate of drug-likeness (QED) is 0.0608. The molecular formula is C39H61N9O10. The highest BCUT2D eigenvalue weighted by Crippen LogP contribution is 2.20. The van der Waals surface area contributed by atoms with Crippen LogP contribution in [0.25, 0.3) is 0 Å². The number of hydrogen-bond donors (Lipinski definition) is 9. The molecule has 0 unspecified atom stereocenters. The second-order valence-corrected chi connectivity index (χ2v) is 15.5. The third-order valence-corrected chi connectivity index (χ3v) is 9.50. The smallest absolute Gasteiger partial charge is 0.322 e. The maximum Gasteiger partial charge on any atom is 0.322 e. The van der Waals surface area contributed by atoms with Gasteiger partial charge in [0.25, 0.3) is 0 Å². The number of carboxylic acid groups (broad SMARTS) is 1. The lowest BCUT2D eigenvalue weighted by atomic mass is 9.97. The van der Waals surface area contributed by atoms with Crippen LogP contribution in [0.1, 0.15) is 79.2 Å². The fourth-order valence-corrected chi connectivity index (χ4v) is 6.44. The van der Waals surface area contributed by atoms with Crippen LogP contribution in [0.2, 0.25) is 0 Å². The van der Waals surface area contributed by atoms with E-state index in [1.54, 1.807) is 52.0 Å². The topological polar surface area (TPSA) is 301 Å². The average molecular weight is 816 g/mol. The zero-order valence-electron chi connectivity index (χ0n) is 34.2. The molecule has 19 nitrogen and oxygen atoms in total. The molecule has 1 aromatic rings. The lowest BCUT2D eigenvalue weighted by Gasteiger charge is -2.31. The van der Waals surface area contributed by atoms with E-state index in [2.05, 4.69) is 31.9 Å². The standard InChI is InChI=1S/C39H61N9O10/c1-21(2)17-26(45-38(57)33(23(5)6)47-35(54)27(43-30(50)19-40)18-24-11-8-7-9-12-24)34(53)46-32(22(3)4)37(56)44-25(14-15-29(41)49)39(58)48-16-10-13-28(48)36(55)42-20-31(51)52/h7-9,11-12,21-23,25-28,32-33H,10,13-20,40H2,1-6H3,(H2,41,49)(H,42,55)(H,43,50)(H,44,56)(H,45,57)(H,46,53)(H,47,54)(H,51,52)/t25-,26-,27-,28-,32-,33-/m0/s1. The highest BCUT2D eigenvalue weighted by Gasteiger charge is 2.39. The van der Waals surface area contributed by atoms with Gasteiger partial charge in [0.15, 0.2) is 0 Å². The fourth-order valence-electron chi connectivity index (χ4n) is 6.44. The van der Waals surface area contributed by atoms with Crippen LogP contribution < -0.4 is 43.4 Å². The van der Waals surface area contributed by atoms with Crippen LogP contribution >= 0.6 is 0 Å². The Morgan fingerprint density at radius 2 is 1.31 bits per heavy atom. The number of aliphatic carboxylic acids is 1. The van der Waals surface area contributed by atoms with Gasteiger partial charge in [0.2, 0.25) is 47.3 Å². The van der Waals surface area contributed by atoms with Gasteiger partial charge in [-0.2, -0.15) is 0 Å². The van der Waals surface area contributed by atoms with Crippen molar-refractivity contribution in [3.8, 4) is 0 Å². The van der Waals surface area contributed by atoms with E-state index in [0.717, 1.165) is 5.56 Å². The summed E-state index contributed by atoms with van der Waals surface area (Å²) in [6.45, 7) is 9.52. The van der Waals surface area contributed by atoms with Gasteiger partial charge in [0.1, 0.15) is 42.8 Å². The van der Waals surface area contributed by atoms with Crippen molar-refractivity contribution >= 4 is 53.2 Å². The Morgan fingerprint density at radius 1 is 0.759 bits per heavy atom. The molecule has 1 aromatic carbocycles. The largest absolute Gasteiger partial charge is 0.480 e. The molecule has 1 fully saturated rings. The van der Waals surface area contributed by atoms with E-state index in [0.29, 0.717) is 6.42 Å². The first kappa shape index (κ1) is 48.6. The number of hydrogen-bond acceptors (Lipinski definition) is 10. The van der Waals surface area contributed by atoms with Crippen LogP contribution in [0.4, 0.5) is 0 Å². The minimum absolute atomic E-state index is 0.117. The van der Waals surface area contributed by atoms with Crippen LogP contribution in [0, 0.1) is 17.8 Å². The molecule has 19 heteroatoms. The first-order valence-corrected chi connectivity index (χ1v) is 19.6. The highest BCUT2D eigenvalue weighted by atomic mass is 16.4. The molecule has 0 saturated carbocycles. The molecule has 322 valence electrons. The predicted octanol–water partition coefficient (Wildman–Crippen LogP) is -1.57. The Hall–Kier alpha value is -5.59. The van der Waals surface area contributed by atoms with Crippen LogP contribution in [-0.4, -0.2) is 119 Å². The van der Waals surface area contributed by atoms with Crippen molar-refractivity contribution < 1.29 is 48.3 Å². The molecule has 1 aliphatic rings. The van der Waals surface area contributed by atoms with Gasteiger partial charge in [-0.05, 0) is 49.0 Å². The van der Waals surface area contributed by atoms with E-state index in [1.165, 1.54) is 4.90 Å². The molecule has 58 heavy (non-hydrogen) atoms. The molecule has 0 bridgehead atoms. The van der Waals surface area contributed by atoms with E-state index >= 15 is 0 Å². The van der Waals surface area contributed by atoms with Crippen molar-refractivity contribution in [3.05, 3.63) is 35.9 Å². The Balaban J connectivity index is 2.28. The number of carbonyl (C=O) groups is 9. The summed E-state index contributed by atoms with van der Waals surface area (Å²) < 4.78 is 0. The molecule has 11 N–H and O–H groups in total. The summed E-state index contributed by atoms with van der Waals surface area (Å²) in [7, 11) is 0. The number of rotatable bonds is 23. The van der Waals surface area contributed by atoms with Crippen molar-refractivity contribution in [1.29, 1.82) is 0 Å². The number of carboxylic acids is 1. The third-order valence-electron chi connectivity index (χ3n) is 9.50. The number of primary amides is 1. The maximum atomic E-state index is 13.9. The van der Waals surface area contributed by atoms with Crippen molar-refractivity contribution in [1.82, 2.24) is 36.8 Å². The van der Waals surface area contributed by atoms with Gasteiger partial charge in [-0.1, -0.05) is 71.9 Å². The minimum Gasteiger partial charge on any atom is -0.480 e. The molecule has 6 atom stereocenters. The molecular weight excluding hydrogens is 754 g/mol. The molecule has 0 aliphatic carbocycles. The van der Waals surface area contributed by atoms with E-state index < -0.39 is 108 Å². The number of amides is 8. The van der Waals surface area contributed by atoms with Crippen LogP contribution in [0.3, 0.4) is 0 Å². The van der Waals surface area contributed by atoms with Crippen LogP contribution in [-0.2, 0) is 49.6 Å². The van der Waals surface area contributed by atoms with Crippen LogP contribution in [0.5, 0.6) is 0 Å². The Bertz CT molecular complexity index is 1620. The van der Waals surface area contributed by atoms with E-state index in [-0.39, 0.29) is 51.1 Å². The van der Waals surface area contributed by atoms with Crippen molar-refractivity contribution in [2.45, 2.75) is 116 Å². The Morgan fingerprint density at radius 3 is 1.81 bits per heavy atom. The molecule has 2 rings (SSSR count). The molecule has 0 radical (unpaired) electrons. The molecule has 1 heterocycles. The SMILES string of the molecule is CC(C)C[C@H](NC(=O)[C@@H](NC(=O)[C@H](Cc1ccccc1)NC(=O)CN)C(C)C)C(=O)N[C@H](C(=O)N[C@@H](CCC(N)=O)C(=O)N1CCC[C@H]1C(=O)NCC(=O)O)C(C)C. The number of nitrogens with two attached hydrogens (primary N) is 2. The van der Waals surface area contributed by atoms with Gasteiger partial charge in [0.05, 0.1) is 6.54 Å². The predicted molar refractivity (Wildman–Crippen MR) is 212 cm³/mol. The van der Waals surface area contributed by atoms with E-state index in [1.807, 2.05) is 19.9 Å². The minimum atomic E-state index is -1.33. The highest BCUT2D eigenvalue weighted by molar-refractivity contribution is 5.97. The molecule has 0 aromatic heterocycles. The van der Waals surface area contributed by atoms with Crippen molar-refractivity contribution in [2.75, 3.05) is 19.6 Å². The Kier molecular flexibility index (Phi) is 19.8. The summed E-state index contributed by atoms with van der Waals surface area (Å²) in [4.78, 5) is 118. The van der Waals surface area contributed by atoms with Gasteiger partial charge >= 0.3 is 5.97 Å². The summed E-state index contributed by atoms with van der Waals surface area (Å²) in [6, 6.07) is 2.03. The monoisotopic (exact) mass is 815 g/mol. The first-order chi connectivity index (χ1) is 27.2. The number of nitrogens with one attached hydrogen (secondary N) is 6. The third kappa shape index (κ3) is 15.7. The summed E-state index contributed by atoms with van der Waals surface area (Å²) in [5, 5.41) is 24.6. The number of likely N-dealkylation sites (tertiary alicyclic amines) is 1. The second-order valence-electron chi connectivity index (χ2n) is 15.5. The fraction of sp³-hybridized carbons (Fsp3) is 0.615. The summed E-state index contributed by atoms with van der Waals surface area (Å²) >= 11 is 0. The van der Waals surface area contributed by atoms with Gasteiger partial charge in [0, 0.05) is 19.4 Å². The Labute approximate surface area is 338 Å². The zero-order chi connectivity index (χ0) is 43.7. The van der Waals surface area contributed by atoms with Crippen molar-refractivity contribution in [3.63, 3.8) is 0 Å². The van der Waals surface area contributed by atoms with Gasteiger partial charge in [-0.3, -0.25) is 43.2 Å². The normalized spacial score (nSPS) is 16.4. The van der Waals surface area contributed by atoms with Crippen LogP contribution in [0.15, 0.2) is 30.3 Å². The molecule has 8 amide bonds. The molecule has 0 spiro atoms. The van der Waals surface area contributed by atoms with Gasteiger partial charge < -0.3 is 53.4 Å². The number of benzene rings is 1. The average Bonchev–Trinajstić information content (AvgIpc) is 3.65. The van der Waals surface area contributed by atoms with Crippen molar-refractivity contribution in [2.24, 2.45) is 29.2 Å². The van der Waals surface area contributed by atoms with E-state index in [9.17, 15) is 43.2 Å². The first-order valence-electron chi connectivity index (χ1n) is 19.6. The number of nitrogens with zero attached hydrogens (tertiary/aromatic N) is 1. The van der Waals surface area contributed by atoms with Gasteiger partial charge in [-0.15, -0.1) is 0 Å². The number of carbonyl (C=O) groups excluding carboxylic acids is 8.